The maximum atomic E-state index is 14.1. The van der Waals surface area contributed by atoms with E-state index >= 15 is 0 Å². The Hall–Kier alpha value is -2.02. The standard InChI is InChI=1S/C26H36Br2N4O6/c1-14(15(2)33)23(36)31-8-4-6-20(31)24(37)32-9-5-7-26(32,13-17-10-18(27)12-19(28)11-17)25(38)30-21(16(3)34)22(29)35/h10-12,14-16,20-21,33-34H,4-9,13H2,1-3H3,(H2,29,35)(H,30,38)/t14-,15+,16+,20-,21-,26+/m0/s1. The zero-order chi connectivity index (χ0) is 28.4. The highest BCUT2D eigenvalue weighted by Gasteiger charge is 2.53. The number of nitrogens with one attached hydrogen (secondary N) is 1. The van der Waals surface area contributed by atoms with Gasteiger partial charge in [-0.05, 0) is 63.3 Å². The molecule has 0 unspecified atom stereocenters. The molecular weight excluding hydrogens is 624 g/mol. The van der Waals surface area contributed by atoms with E-state index in [1.165, 1.54) is 16.7 Å². The molecule has 2 aliphatic heterocycles. The van der Waals surface area contributed by atoms with Gasteiger partial charge in [0.25, 0.3) is 0 Å². The second kappa shape index (κ2) is 12.4. The number of hydrogen-bond donors (Lipinski definition) is 4. The second-order valence-electron chi connectivity index (χ2n) is 10.4. The Morgan fingerprint density at radius 1 is 1.05 bits per heavy atom. The summed E-state index contributed by atoms with van der Waals surface area (Å²) in [6.07, 6.45) is -0.00359. The number of rotatable bonds is 9. The van der Waals surface area contributed by atoms with Gasteiger partial charge >= 0.3 is 0 Å². The van der Waals surface area contributed by atoms with Crippen LogP contribution in [0.5, 0.6) is 0 Å². The van der Waals surface area contributed by atoms with Crippen molar-refractivity contribution in [2.45, 2.75) is 82.7 Å². The smallest absolute Gasteiger partial charge is 0.247 e. The molecule has 2 aliphatic rings. The van der Waals surface area contributed by atoms with Crippen LogP contribution in [0.15, 0.2) is 27.1 Å². The van der Waals surface area contributed by atoms with Gasteiger partial charge < -0.3 is 31.1 Å². The molecule has 210 valence electrons. The van der Waals surface area contributed by atoms with Gasteiger partial charge in [-0.3, -0.25) is 19.2 Å². The lowest BCUT2D eigenvalue weighted by Crippen LogP contribution is -2.65. The number of carbonyl (C=O) groups excluding carboxylic acids is 4. The first-order valence-electron chi connectivity index (χ1n) is 12.8. The molecule has 1 aromatic rings. The van der Waals surface area contributed by atoms with Gasteiger partial charge in [-0.15, -0.1) is 0 Å². The lowest BCUT2D eigenvalue weighted by atomic mass is 9.86. The van der Waals surface area contributed by atoms with Gasteiger partial charge in [-0.2, -0.15) is 0 Å². The van der Waals surface area contributed by atoms with Gasteiger partial charge in [0.05, 0.1) is 18.1 Å². The number of primary amides is 1. The molecule has 38 heavy (non-hydrogen) atoms. The van der Waals surface area contributed by atoms with E-state index in [2.05, 4.69) is 37.2 Å². The number of amides is 4. The largest absolute Gasteiger partial charge is 0.393 e. The van der Waals surface area contributed by atoms with Crippen molar-refractivity contribution in [1.82, 2.24) is 15.1 Å². The van der Waals surface area contributed by atoms with Crippen LogP contribution in [-0.2, 0) is 25.6 Å². The predicted molar refractivity (Wildman–Crippen MR) is 148 cm³/mol. The second-order valence-corrected chi connectivity index (χ2v) is 12.2. The summed E-state index contributed by atoms with van der Waals surface area (Å²) in [5, 5.41) is 22.6. The molecular formula is C26H36Br2N4O6. The van der Waals surface area contributed by atoms with Crippen molar-refractivity contribution in [3.8, 4) is 0 Å². The summed E-state index contributed by atoms with van der Waals surface area (Å²) in [4.78, 5) is 56.2. The molecule has 2 fully saturated rings. The van der Waals surface area contributed by atoms with Crippen LogP contribution in [0.25, 0.3) is 0 Å². The first kappa shape index (κ1) is 30.5. The highest BCUT2D eigenvalue weighted by Crippen LogP contribution is 2.37. The van der Waals surface area contributed by atoms with Gasteiger partial charge in [0, 0.05) is 28.5 Å². The zero-order valence-corrected chi connectivity index (χ0v) is 25.0. The molecule has 1 aromatic carbocycles. The number of halogens is 2. The fraction of sp³-hybridized carbons (Fsp3) is 0.615. The van der Waals surface area contributed by atoms with Gasteiger partial charge in [0.2, 0.25) is 23.6 Å². The number of carbonyl (C=O) groups is 4. The van der Waals surface area contributed by atoms with E-state index in [1.54, 1.807) is 13.8 Å². The van der Waals surface area contributed by atoms with Crippen LogP contribution >= 0.6 is 31.9 Å². The van der Waals surface area contributed by atoms with Crippen molar-refractivity contribution < 1.29 is 29.4 Å². The summed E-state index contributed by atoms with van der Waals surface area (Å²) in [7, 11) is 0. The Morgan fingerprint density at radius 3 is 2.24 bits per heavy atom. The van der Waals surface area contributed by atoms with E-state index in [0.29, 0.717) is 38.8 Å². The lowest BCUT2D eigenvalue weighted by Gasteiger charge is -2.41. The summed E-state index contributed by atoms with van der Waals surface area (Å²) >= 11 is 6.94. The zero-order valence-electron chi connectivity index (χ0n) is 21.8. The van der Waals surface area contributed by atoms with Crippen molar-refractivity contribution in [3.63, 3.8) is 0 Å². The summed E-state index contributed by atoms with van der Waals surface area (Å²) in [6, 6.07) is 3.48. The van der Waals surface area contributed by atoms with Crippen LogP contribution < -0.4 is 11.1 Å². The Kier molecular flexibility index (Phi) is 9.99. The van der Waals surface area contributed by atoms with E-state index in [4.69, 9.17) is 5.73 Å². The maximum absolute atomic E-state index is 14.1. The molecule has 2 saturated heterocycles. The van der Waals surface area contributed by atoms with E-state index < -0.39 is 47.6 Å². The van der Waals surface area contributed by atoms with E-state index in [-0.39, 0.29) is 18.2 Å². The molecule has 0 spiro atoms. The molecule has 0 radical (unpaired) electrons. The van der Waals surface area contributed by atoms with Crippen molar-refractivity contribution >= 4 is 55.5 Å². The lowest BCUT2D eigenvalue weighted by molar-refractivity contribution is -0.153. The molecule has 4 amide bonds. The summed E-state index contributed by atoms with van der Waals surface area (Å²) in [6.45, 7) is 5.21. The maximum Gasteiger partial charge on any atom is 0.247 e. The molecule has 3 rings (SSSR count). The number of likely N-dealkylation sites (tertiary alicyclic amines) is 2. The highest BCUT2D eigenvalue weighted by atomic mass is 79.9. The molecule has 5 N–H and O–H groups in total. The van der Waals surface area contributed by atoms with Crippen LogP contribution in [0.3, 0.4) is 0 Å². The molecule has 6 atom stereocenters. The van der Waals surface area contributed by atoms with Crippen LogP contribution in [0.4, 0.5) is 0 Å². The number of benzene rings is 1. The molecule has 10 nitrogen and oxygen atoms in total. The van der Waals surface area contributed by atoms with Gasteiger partial charge in [-0.1, -0.05) is 38.8 Å². The van der Waals surface area contributed by atoms with Crippen LogP contribution in [0.1, 0.15) is 52.0 Å². The average Bonchev–Trinajstić information content (AvgIpc) is 3.48. The van der Waals surface area contributed by atoms with Gasteiger partial charge in [-0.25, -0.2) is 0 Å². The van der Waals surface area contributed by atoms with Gasteiger partial charge in [0.1, 0.15) is 17.6 Å². The SMILES string of the molecule is C[C@H](C(=O)N1CCC[C@H]1C(=O)N1CCC[C@@]1(Cc1cc(Br)cc(Br)c1)C(=O)N[C@H](C(N)=O)[C@@H](C)O)[C@@H](C)O. The molecule has 0 aliphatic carbocycles. The van der Waals surface area contributed by atoms with Crippen molar-refractivity contribution in [2.24, 2.45) is 11.7 Å². The minimum absolute atomic E-state index is 0.151. The molecule has 0 saturated carbocycles. The normalized spacial score (nSPS) is 24.6. The Bertz CT molecular complexity index is 1060. The first-order valence-corrected chi connectivity index (χ1v) is 14.4. The van der Waals surface area contributed by atoms with Gasteiger partial charge in [0.15, 0.2) is 0 Å². The van der Waals surface area contributed by atoms with E-state index in [1.807, 2.05) is 18.2 Å². The summed E-state index contributed by atoms with van der Waals surface area (Å²) < 4.78 is 1.57. The Balaban J connectivity index is 2.01. The minimum atomic E-state index is -1.37. The number of aliphatic hydroxyl groups excluding tert-OH is 2. The minimum Gasteiger partial charge on any atom is -0.393 e. The molecule has 0 aromatic heterocycles. The quantitative estimate of drug-likeness (QED) is 0.315. The molecule has 0 bridgehead atoms. The van der Waals surface area contributed by atoms with Crippen LogP contribution in [0.2, 0.25) is 0 Å². The Morgan fingerprint density at radius 2 is 1.68 bits per heavy atom. The number of nitrogens with two attached hydrogens (primary N) is 1. The fourth-order valence-corrected chi connectivity index (χ4v) is 6.78. The van der Waals surface area contributed by atoms with Crippen LogP contribution in [0, 0.1) is 5.92 Å². The van der Waals surface area contributed by atoms with Crippen LogP contribution in [-0.4, -0.2) is 86.6 Å². The summed E-state index contributed by atoms with van der Waals surface area (Å²) in [5.41, 5.74) is 4.85. The number of aliphatic hydroxyl groups is 2. The number of nitrogens with zero attached hydrogens (tertiary/aromatic N) is 2. The Labute approximate surface area is 239 Å². The monoisotopic (exact) mass is 658 g/mol. The fourth-order valence-electron chi connectivity index (χ4n) is 5.39. The highest BCUT2D eigenvalue weighted by molar-refractivity contribution is 9.11. The predicted octanol–water partition coefficient (Wildman–Crippen LogP) is 1.47. The third kappa shape index (κ3) is 6.40. The van der Waals surface area contributed by atoms with E-state index in [0.717, 1.165) is 14.5 Å². The van der Waals surface area contributed by atoms with Crippen molar-refractivity contribution in [3.05, 3.63) is 32.7 Å². The van der Waals surface area contributed by atoms with Crippen molar-refractivity contribution in [2.75, 3.05) is 13.1 Å². The molecule has 12 heteroatoms. The topological polar surface area (TPSA) is 153 Å². The third-order valence-electron chi connectivity index (χ3n) is 7.61. The number of hydrogen-bond acceptors (Lipinski definition) is 6. The first-order chi connectivity index (χ1) is 17.8. The third-order valence-corrected chi connectivity index (χ3v) is 8.52. The molecule has 2 heterocycles. The van der Waals surface area contributed by atoms with E-state index in [9.17, 15) is 29.4 Å². The average molecular weight is 660 g/mol. The van der Waals surface area contributed by atoms with Crippen molar-refractivity contribution in [1.29, 1.82) is 0 Å². The summed E-state index contributed by atoms with van der Waals surface area (Å²) in [5.74, 6) is -2.79.